The van der Waals surface area contributed by atoms with Gasteiger partial charge in [-0.3, -0.25) is 4.79 Å². The maximum atomic E-state index is 13.1. The molecule has 3 aromatic rings. The van der Waals surface area contributed by atoms with E-state index < -0.39 is 5.97 Å². The van der Waals surface area contributed by atoms with E-state index in [1.807, 2.05) is 0 Å². The van der Waals surface area contributed by atoms with Gasteiger partial charge in [0.1, 0.15) is 11.6 Å². The molecule has 4 rings (SSSR count). The molecule has 1 saturated heterocycles. The lowest BCUT2D eigenvalue weighted by Gasteiger charge is -2.35. The summed E-state index contributed by atoms with van der Waals surface area (Å²) in [6, 6.07) is 12.7. The normalized spacial score (nSPS) is 13.7. The van der Waals surface area contributed by atoms with E-state index in [9.17, 15) is 14.0 Å². The minimum atomic E-state index is -0.434. The van der Waals surface area contributed by atoms with Crippen molar-refractivity contribution in [3.05, 3.63) is 71.6 Å². The summed E-state index contributed by atoms with van der Waals surface area (Å²) < 4.78 is 28.4. The highest BCUT2D eigenvalue weighted by Gasteiger charge is 2.26. The Morgan fingerprint density at radius 3 is 2.38 bits per heavy atom. The average Bonchev–Trinajstić information content (AvgIpc) is 3.32. The number of anilines is 1. The fourth-order valence-corrected chi connectivity index (χ4v) is 3.31. The van der Waals surface area contributed by atoms with Crippen LogP contribution in [0.4, 0.5) is 10.1 Å². The molecule has 9 nitrogen and oxygen atoms in total. The number of rotatable bonds is 6. The van der Waals surface area contributed by atoms with E-state index in [0.29, 0.717) is 37.5 Å². The number of amides is 1. The van der Waals surface area contributed by atoms with Crippen molar-refractivity contribution < 1.29 is 28.0 Å². The molecule has 32 heavy (non-hydrogen) atoms. The number of hydrogen-bond donors (Lipinski definition) is 0. The average molecular weight is 440 g/mol. The third-order valence-electron chi connectivity index (χ3n) is 5.05. The Kier molecular flexibility index (Phi) is 6.29. The van der Waals surface area contributed by atoms with Crippen molar-refractivity contribution in [2.75, 3.05) is 38.2 Å². The second-order valence-electron chi connectivity index (χ2n) is 7.08. The highest BCUT2D eigenvalue weighted by atomic mass is 19.1. The maximum Gasteiger partial charge on any atom is 0.337 e. The zero-order valence-corrected chi connectivity index (χ0v) is 17.4. The largest absolute Gasteiger partial charge is 0.485 e. The van der Waals surface area contributed by atoms with Gasteiger partial charge in [0.2, 0.25) is 5.82 Å². The van der Waals surface area contributed by atoms with E-state index >= 15 is 0 Å². The van der Waals surface area contributed by atoms with Crippen LogP contribution in [-0.2, 0) is 11.3 Å². The van der Waals surface area contributed by atoms with Gasteiger partial charge in [0, 0.05) is 31.9 Å². The van der Waals surface area contributed by atoms with E-state index in [1.165, 1.54) is 19.2 Å². The van der Waals surface area contributed by atoms with Gasteiger partial charge in [0.05, 0.1) is 12.7 Å². The molecule has 0 unspecified atom stereocenters. The van der Waals surface area contributed by atoms with Gasteiger partial charge in [0.15, 0.2) is 6.61 Å². The summed E-state index contributed by atoms with van der Waals surface area (Å²) >= 11 is 0. The summed E-state index contributed by atoms with van der Waals surface area (Å²) in [4.78, 5) is 32.0. The van der Waals surface area contributed by atoms with E-state index in [2.05, 4.69) is 19.8 Å². The van der Waals surface area contributed by atoms with Gasteiger partial charge in [0.25, 0.3) is 0 Å². The summed E-state index contributed by atoms with van der Waals surface area (Å²) in [5.74, 6) is -0.416. The van der Waals surface area contributed by atoms with Crippen LogP contribution in [0.15, 0.2) is 53.1 Å². The summed E-state index contributed by atoms with van der Waals surface area (Å²) in [6.07, 6.45) is 0. The van der Waals surface area contributed by atoms with Crippen LogP contribution in [-0.4, -0.2) is 60.2 Å². The number of halogens is 1. The molecule has 1 fully saturated rings. The molecular formula is C22H21FN4O5. The first-order chi connectivity index (χ1) is 15.5. The maximum absolute atomic E-state index is 13.1. The number of benzene rings is 2. The van der Waals surface area contributed by atoms with Crippen LogP contribution in [0.3, 0.4) is 0 Å². The van der Waals surface area contributed by atoms with Gasteiger partial charge in [-0.1, -0.05) is 5.16 Å². The second-order valence-corrected chi connectivity index (χ2v) is 7.08. The molecule has 0 spiro atoms. The van der Waals surface area contributed by atoms with Crippen LogP contribution in [0.25, 0.3) is 0 Å². The molecule has 1 aliphatic rings. The van der Waals surface area contributed by atoms with Crippen molar-refractivity contribution in [1.29, 1.82) is 0 Å². The molecule has 166 valence electrons. The summed E-state index contributed by atoms with van der Waals surface area (Å²) in [5.41, 5.74) is 1.32. The molecule has 0 radical (unpaired) electrons. The summed E-state index contributed by atoms with van der Waals surface area (Å²) in [7, 11) is 1.31. The number of carbonyl (C=O) groups is 2. The van der Waals surface area contributed by atoms with Crippen molar-refractivity contribution in [2.45, 2.75) is 6.61 Å². The molecule has 0 N–H and O–H groups in total. The standard InChI is InChI=1S/C22H21FN4O5/c1-30-22(29)15-2-8-18(9-3-15)31-14-19-24-20(32-25-19)21(28)27-12-10-26(11-13-27)17-6-4-16(23)5-7-17/h2-9H,10-14H2,1H3. The molecule has 1 amide bonds. The number of ether oxygens (including phenoxy) is 2. The van der Waals surface area contributed by atoms with Crippen molar-refractivity contribution >= 4 is 17.6 Å². The van der Waals surface area contributed by atoms with Crippen LogP contribution in [0, 0.1) is 5.82 Å². The molecule has 0 saturated carbocycles. The molecule has 2 aromatic carbocycles. The zero-order chi connectivity index (χ0) is 22.5. The number of aromatic nitrogens is 2. The molecule has 0 bridgehead atoms. The van der Waals surface area contributed by atoms with Gasteiger partial charge in [-0.15, -0.1) is 0 Å². The number of methoxy groups -OCH3 is 1. The summed E-state index contributed by atoms with van der Waals surface area (Å²) in [6.45, 7) is 2.20. The Balaban J connectivity index is 1.29. The first-order valence-electron chi connectivity index (χ1n) is 9.97. The molecule has 0 aliphatic carbocycles. The number of esters is 1. The van der Waals surface area contributed by atoms with Crippen LogP contribution < -0.4 is 9.64 Å². The fraction of sp³-hybridized carbons (Fsp3) is 0.273. The van der Waals surface area contributed by atoms with E-state index in [0.717, 1.165) is 5.69 Å². The Morgan fingerprint density at radius 2 is 1.72 bits per heavy atom. The number of hydrogen-bond acceptors (Lipinski definition) is 8. The lowest BCUT2D eigenvalue weighted by molar-refractivity contribution is 0.0600. The van der Waals surface area contributed by atoms with Crippen molar-refractivity contribution in [3.63, 3.8) is 0 Å². The number of nitrogens with zero attached hydrogens (tertiary/aromatic N) is 4. The minimum Gasteiger partial charge on any atom is -0.485 e. The van der Waals surface area contributed by atoms with Crippen molar-refractivity contribution in [2.24, 2.45) is 0 Å². The predicted molar refractivity (Wildman–Crippen MR) is 111 cm³/mol. The van der Waals surface area contributed by atoms with Crippen LogP contribution in [0.1, 0.15) is 26.9 Å². The Hall–Kier alpha value is -3.95. The van der Waals surface area contributed by atoms with Crippen LogP contribution in [0.2, 0.25) is 0 Å². The van der Waals surface area contributed by atoms with E-state index in [-0.39, 0.29) is 30.0 Å². The van der Waals surface area contributed by atoms with Gasteiger partial charge in [-0.2, -0.15) is 4.98 Å². The SMILES string of the molecule is COC(=O)c1ccc(OCc2noc(C(=O)N3CCN(c4ccc(F)cc4)CC3)n2)cc1. The smallest absolute Gasteiger partial charge is 0.337 e. The quantitative estimate of drug-likeness (QED) is 0.540. The Bertz CT molecular complexity index is 1080. The van der Waals surface area contributed by atoms with Crippen LogP contribution in [0.5, 0.6) is 5.75 Å². The summed E-state index contributed by atoms with van der Waals surface area (Å²) in [5, 5.41) is 3.80. The van der Waals surface area contributed by atoms with E-state index in [1.54, 1.807) is 41.3 Å². The van der Waals surface area contributed by atoms with Gasteiger partial charge in [-0.05, 0) is 48.5 Å². The van der Waals surface area contributed by atoms with Crippen molar-refractivity contribution in [3.8, 4) is 5.75 Å². The third kappa shape index (κ3) is 4.85. The minimum absolute atomic E-state index is 0.00664. The highest BCUT2D eigenvalue weighted by molar-refractivity contribution is 5.90. The van der Waals surface area contributed by atoms with Crippen molar-refractivity contribution in [1.82, 2.24) is 15.0 Å². The fourth-order valence-electron chi connectivity index (χ4n) is 3.31. The molecule has 2 heterocycles. The molecule has 1 aromatic heterocycles. The van der Waals surface area contributed by atoms with Gasteiger partial charge < -0.3 is 23.8 Å². The first-order valence-corrected chi connectivity index (χ1v) is 9.97. The highest BCUT2D eigenvalue weighted by Crippen LogP contribution is 2.18. The van der Waals surface area contributed by atoms with Crippen LogP contribution >= 0.6 is 0 Å². The molecular weight excluding hydrogens is 419 g/mol. The molecule has 10 heteroatoms. The second kappa shape index (κ2) is 9.46. The first kappa shape index (κ1) is 21.3. The number of piperazine rings is 1. The Labute approximate surface area is 183 Å². The van der Waals surface area contributed by atoms with E-state index in [4.69, 9.17) is 9.26 Å². The monoisotopic (exact) mass is 440 g/mol. The lowest BCUT2D eigenvalue weighted by atomic mass is 10.2. The molecule has 0 atom stereocenters. The molecule has 1 aliphatic heterocycles. The number of carbonyl (C=O) groups excluding carboxylic acids is 2. The third-order valence-corrected chi connectivity index (χ3v) is 5.05. The van der Waals surface area contributed by atoms with Gasteiger partial charge in [-0.25, -0.2) is 9.18 Å². The zero-order valence-electron chi connectivity index (χ0n) is 17.4. The topological polar surface area (TPSA) is 98.0 Å². The lowest BCUT2D eigenvalue weighted by Crippen LogP contribution is -2.48. The van der Waals surface area contributed by atoms with Gasteiger partial charge >= 0.3 is 17.8 Å². The predicted octanol–water partition coefficient (Wildman–Crippen LogP) is 2.54. The Morgan fingerprint density at radius 1 is 1.03 bits per heavy atom.